The van der Waals surface area contributed by atoms with Crippen molar-refractivity contribution in [3.05, 3.63) is 46.4 Å². The molecule has 0 bridgehead atoms. The number of anilines is 1. The number of fused-ring (bicyclic) bond motifs is 1. The highest BCUT2D eigenvalue weighted by molar-refractivity contribution is 7.99. The second-order valence-electron chi connectivity index (χ2n) is 7.69. The van der Waals surface area contributed by atoms with Crippen LogP contribution in [0, 0.1) is 5.92 Å². The molecular formula is C18H22N4O4S2. The van der Waals surface area contributed by atoms with Crippen molar-refractivity contribution in [2.45, 2.75) is 42.8 Å². The number of nitrogens with two attached hydrogens (primary N) is 1. The summed E-state index contributed by atoms with van der Waals surface area (Å²) in [4.78, 5) is 29.6. The first-order chi connectivity index (χ1) is 12.9. The molecule has 1 amide bonds. The van der Waals surface area contributed by atoms with Crippen LogP contribution in [0.25, 0.3) is 0 Å². The first-order valence-electron chi connectivity index (χ1n) is 8.64. The van der Waals surface area contributed by atoms with E-state index in [0.717, 1.165) is 5.69 Å². The predicted octanol–water partition coefficient (Wildman–Crippen LogP) is 1.55. The summed E-state index contributed by atoms with van der Waals surface area (Å²) in [6.07, 6.45) is 0. The highest BCUT2D eigenvalue weighted by Gasteiger charge is 2.28. The Hall–Kier alpha value is -2.17. The van der Waals surface area contributed by atoms with Gasteiger partial charge in [-0.15, -0.1) is 0 Å². The highest BCUT2D eigenvalue weighted by atomic mass is 32.2. The monoisotopic (exact) mass is 422 g/mol. The van der Waals surface area contributed by atoms with Crippen LogP contribution in [0.4, 0.5) is 5.69 Å². The zero-order valence-electron chi connectivity index (χ0n) is 15.8. The van der Waals surface area contributed by atoms with Crippen molar-refractivity contribution in [2.24, 2.45) is 11.1 Å². The molecule has 28 heavy (non-hydrogen) atoms. The largest absolute Gasteiger partial charge is 0.326 e. The number of nitrogens with zero attached hydrogens (tertiary/aromatic N) is 2. The molecule has 2 heterocycles. The normalized spacial score (nSPS) is 17.1. The minimum absolute atomic E-state index is 0.0278. The topological polar surface area (TPSA) is 124 Å². The summed E-state index contributed by atoms with van der Waals surface area (Å²) in [7, 11) is -3.78. The van der Waals surface area contributed by atoms with Gasteiger partial charge in [0.1, 0.15) is 0 Å². The Labute approximate surface area is 167 Å². The van der Waals surface area contributed by atoms with E-state index in [9.17, 15) is 18.0 Å². The molecule has 3 rings (SSSR count). The fourth-order valence-electron chi connectivity index (χ4n) is 2.73. The van der Waals surface area contributed by atoms with Crippen LogP contribution < -0.4 is 16.0 Å². The van der Waals surface area contributed by atoms with Crippen molar-refractivity contribution in [1.29, 1.82) is 0 Å². The van der Waals surface area contributed by atoms with Crippen LogP contribution in [-0.4, -0.2) is 29.6 Å². The summed E-state index contributed by atoms with van der Waals surface area (Å²) in [5.41, 5.74) is 0.792. The Morgan fingerprint density at radius 2 is 1.93 bits per heavy atom. The van der Waals surface area contributed by atoms with Gasteiger partial charge < -0.3 is 5.32 Å². The fourth-order valence-corrected chi connectivity index (χ4v) is 4.33. The van der Waals surface area contributed by atoms with Crippen molar-refractivity contribution in [3.63, 3.8) is 0 Å². The van der Waals surface area contributed by atoms with E-state index >= 15 is 0 Å². The van der Waals surface area contributed by atoms with Crippen LogP contribution in [0.1, 0.15) is 26.5 Å². The standard InChI is InChI=1S/C18H22N4O4S2/c1-18(2,3)14-8-15(23)22-9-11(10-27-17(22)21-14)16(24)20-12-4-6-13(7-5-12)28(19,25)26/h4-8,11H,9-10H2,1-3H3,(H,20,24)(H2,19,25,26). The lowest BCUT2D eigenvalue weighted by atomic mass is 9.92. The van der Waals surface area contributed by atoms with Crippen molar-refractivity contribution in [1.82, 2.24) is 9.55 Å². The van der Waals surface area contributed by atoms with E-state index in [2.05, 4.69) is 10.3 Å². The molecule has 150 valence electrons. The second kappa shape index (κ2) is 7.34. The summed E-state index contributed by atoms with van der Waals surface area (Å²) in [5.74, 6) is -0.148. The molecule has 1 aliphatic heterocycles. The molecule has 1 aromatic carbocycles. The van der Waals surface area contributed by atoms with E-state index in [1.54, 1.807) is 0 Å². The van der Waals surface area contributed by atoms with Crippen molar-refractivity contribution >= 4 is 33.4 Å². The number of aromatic nitrogens is 2. The number of benzene rings is 1. The molecule has 1 aliphatic rings. The van der Waals surface area contributed by atoms with Gasteiger partial charge >= 0.3 is 0 Å². The van der Waals surface area contributed by atoms with E-state index < -0.39 is 15.9 Å². The summed E-state index contributed by atoms with van der Waals surface area (Å²) in [5, 5.41) is 8.44. The third-order valence-electron chi connectivity index (χ3n) is 4.38. The van der Waals surface area contributed by atoms with E-state index in [1.165, 1.54) is 46.7 Å². The predicted molar refractivity (Wildman–Crippen MR) is 108 cm³/mol. The molecular weight excluding hydrogens is 400 g/mol. The number of thioether (sulfide) groups is 1. The van der Waals surface area contributed by atoms with Gasteiger partial charge in [0.2, 0.25) is 15.9 Å². The molecule has 1 atom stereocenters. The number of amides is 1. The van der Waals surface area contributed by atoms with Crippen molar-refractivity contribution < 1.29 is 13.2 Å². The van der Waals surface area contributed by atoms with Crippen LogP contribution in [0.15, 0.2) is 45.2 Å². The summed E-state index contributed by atoms with van der Waals surface area (Å²) < 4.78 is 24.1. The van der Waals surface area contributed by atoms with Gasteiger partial charge in [-0.25, -0.2) is 18.5 Å². The van der Waals surface area contributed by atoms with Gasteiger partial charge in [-0.2, -0.15) is 0 Å². The maximum absolute atomic E-state index is 12.6. The molecule has 0 spiro atoms. The zero-order chi connectivity index (χ0) is 20.7. The quantitative estimate of drug-likeness (QED) is 0.723. The number of rotatable bonds is 3. The van der Waals surface area contributed by atoms with Gasteiger partial charge in [0.05, 0.1) is 16.5 Å². The van der Waals surface area contributed by atoms with Crippen molar-refractivity contribution in [3.8, 4) is 0 Å². The first-order valence-corrected chi connectivity index (χ1v) is 11.2. The van der Waals surface area contributed by atoms with Gasteiger partial charge in [0.25, 0.3) is 5.56 Å². The molecule has 0 saturated carbocycles. The van der Waals surface area contributed by atoms with Crippen LogP contribution in [0.5, 0.6) is 0 Å². The number of sulfonamides is 1. The Morgan fingerprint density at radius 3 is 2.50 bits per heavy atom. The van der Waals surface area contributed by atoms with E-state index in [1.807, 2.05) is 20.8 Å². The van der Waals surface area contributed by atoms with Gasteiger partial charge in [-0.3, -0.25) is 14.2 Å². The average Bonchev–Trinajstić information content (AvgIpc) is 2.60. The SMILES string of the molecule is CC(C)(C)c1cc(=O)n2c(n1)SCC(C(=O)Nc1ccc(S(N)(=O)=O)cc1)C2. The van der Waals surface area contributed by atoms with Crippen LogP contribution >= 0.6 is 11.8 Å². The Kier molecular flexibility index (Phi) is 5.39. The number of primary sulfonamides is 1. The molecule has 3 N–H and O–H groups in total. The van der Waals surface area contributed by atoms with Gasteiger partial charge in [0, 0.05) is 29.5 Å². The molecule has 0 radical (unpaired) electrons. The molecule has 0 fully saturated rings. The highest BCUT2D eigenvalue weighted by Crippen LogP contribution is 2.28. The summed E-state index contributed by atoms with van der Waals surface area (Å²) >= 11 is 1.38. The lowest BCUT2D eigenvalue weighted by Crippen LogP contribution is -2.37. The number of nitrogens with one attached hydrogen (secondary N) is 1. The van der Waals surface area contributed by atoms with Crippen LogP contribution in [0.3, 0.4) is 0 Å². The number of hydrogen-bond acceptors (Lipinski definition) is 6. The molecule has 10 heteroatoms. The molecule has 1 aromatic heterocycles. The Balaban J connectivity index is 1.75. The van der Waals surface area contributed by atoms with Crippen LogP contribution in [0.2, 0.25) is 0 Å². The lowest BCUT2D eigenvalue weighted by Gasteiger charge is -2.26. The molecule has 1 unspecified atom stereocenters. The second-order valence-corrected chi connectivity index (χ2v) is 10.2. The Bertz CT molecular complexity index is 1070. The van der Waals surface area contributed by atoms with E-state index in [-0.39, 0.29) is 28.3 Å². The van der Waals surface area contributed by atoms with Gasteiger partial charge in [-0.1, -0.05) is 32.5 Å². The smallest absolute Gasteiger partial charge is 0.254 e. The first kappa shape index (κ1) is 20.6. The number of carbonyl (C=O) groups excluding carboxylic acids is 1. The molecule has 0 saturated heterocycles. The van der Waals surface area contributed by atoms with E-state index in [4.69, 9.17) is 5.14 Å². The minimum Gasteiger partial charge on any atom is -0.326 e. The maximum atomic E-state index is 12.6. The zero-order valence-corrected chi connectivity index (χ0v) is 17.4. The minimum atomic E-state index is -3.78. The Morgan fingerprint density at radius 1 is 1.29 bits per heavy atom. The number of carbonyl (C=O) groups is 1. The average molecular weight is 423 g/mol. The number of hydrogen-bond donors (Lipinski definition) is 2. The van der Waals surface area contributed by atoms with Gasteiger partial charge in [0.15, 0.2) is 5.16 Å². The van der Waals surface area contributed by atoms with Crippen molar-refractivity contribution in [2.75, 3.05) is 11.1 Å². The third kappa shape index (κ3) is 4.45. The summed E-state index contributed by atoms with van der Waals surface area (Å²) in [6, 6.07) is 7.14. The molecule has 2 aromatic rings. The summed E-state index contributed by atoms with van der Waals surface area (Å²) in [6.45, 7) is 6.24. The molecule has 0 aliphatic carbocycles. The lowest BCUT2D eigenvalue weighted by molar-refractivity contribution is -0.119. The van der Waals surface area contributed by atoms with Gasteiger partial charge in [-0.05, 0) is 24.3 Å². The van der Waals surface area contributed by atoms with Crippen LogP contribution in [-0.2, 0) is 26.8 Å². The maximum Gasteiger partial charge on any atom is 0.254 e. The third-order valence-corrected chi connectivity index (χ3v) is 6.45. The molecule has 8 nitrogen and oxygen atoms in total. The van der Waals surface area contributed by atoms with E-state index in [0.29, 0.717) is 16.6 Å². The fraction of sp³-hybridized carbons (Fsp3) is 0.389.